The number of aromatic nitrogens is 1. The summed E-state index contributed by atoms with van der Waals surface area (Å²) in [6, 6.07) is 1.73. The highest BCUT2D eigenvalue weighted by Gasteiger charge is 2.22. The van der Waals surface area contributed by atoms with E-state index in [0.29, 0.717) is 18.7 Å². The van der Waals surface area contributed by atoms with Crippen LogP contribution in [0, 0.1) is 5.92 Å². The summed E-state index contributed by atoms with van der Waals surface area (Å²) in [7, 11) is 5.33. The highest BCUT2D eigenvalue weighted by atomic mass is 79.9. The molecule has 6 nitrogen and oxygen atoms in total. The second-order valence-electron chi connectivity index (χ2n) is 5.72. The Hall–Kier alpha value is -1.47. The lowest BCUT2D eigenvalue weighted by Gasteiger charge is -2.25. The van der Waals surface area contributed by atoms with Crippen molar-refractivity contribution in [3.8, 4) is 0 Å². The van der Waals surface area contributed by atoms with Gasteiger partial charge >= 0.3 is 5.97 Å². The molecule has 1 atom stereocenters. The molecule has 0 fully saturated rings. The summed E-state index contributed by atoms with van der Waals surface area (Å²) in [6.45, 7) is 3.53. The van der Waals surface area contributed by atoms with E-state index in [2.05, 4.69) is 25.8 Å². The summed E-state index contributed by atoms with van der Waals surface area (Å²) < 4.78 is 5.50. The number of hydrogen-bond donors (Lipinski definition) is 0. The molecule has 1 unspecified atom stereocenters. The van der Waals surface area contributed by atoms with Crippen molar-refractivity contribution >= 4 is 27.8 Å². The van der Waals surface area contributed by atoms with E-state index < -0.39 is 0 Å². The zero-order valence-corrected chi connectivity index (χ0v) is 15.7. The van der Waals surface area contributed by atoms with Gasteiger partial charge in [-0.25, -0.2) is 0 Å². The predicted octanol–water partition coefficient (Wildman–Crippen LogP) is 2.05. The number of nitrogens with zero attached hydrogens (tertiary/aromatic N) is 3. The van der Waals surface area contributed by atoms with Crippen LogP contribution in [0.5, 0.6) is 0 Å². The number of carbonyl (C=O) groups excluding carboxylic acids is 2. The third-order valence-corrected chi connectivity index (χ3v) is 3.80. The Morgan fingerprint density at radius 2 is 2.00 bits per heavy atom. The molecule has 1 rings (SSSR count). The summed E-state index contributed by atoms with van der Waals surface area (Å²) in [5.74, 6) is -0.820. The normalized spacial score (nSPS) is 12.1. The summed E-state index contributed by atoms with van der Waals surface area (Å²) in [5.41, 5.74) is 0.501. The molecule has 0 aliphatic carbocycles. The first-order chi connectivity index (χ1) is 10.8. The van der Waals surface area contributed by atoms with Crippen LogP contribution in [-0.4, -0.2) is 67.5 Å². The molecule has 1 aromatic rings. The molecule has 0 saturated heterocycles. The molecule has 0 spiro atoms. The van der Waals surface area contributed by atoms with Crippen molar-refractivity contribution in [2.45, 2.75) is 13.3 Å². The molecule has 1 amide bonds. The second kappa shape index (κ2) is 9.62. The first kappa shape index (κ1) is 19.6. The Labute approximate surface area is 145 Å². The Morgan fingerprint density at radius 1 is 1.30 bits per heavy atom. The Morgan fingerprint density at radius 3 is 2.57 bits per heavy atom. The second-order valence-corrected chi connectivity index (χ2v) is 6.64. The Kier molecular flexibility index (Phi) is 8.19. The van der Waals surface area contributed by atoms with Crippen LogP contribution < -0.4 is 0 Å². The number of ether oxygens (including phenoxy) is 1. The van der Waals surface area contributed by atoms with Gasteiger partial charge in [-0.2, -0.15) is 0 Å². The smallest absolute Gasteiger partial charge is 0.310 e. The van der Waals surface area contributed by atoms with Gasteiger partial charge in [0.2, 0.25) is 0 Å². The lowest BCUT2D eigenvalue weighted by molar-refractivity contribution is -0.145. The van der Waals surface area contributed by atoms with Crippen molar-refractivity contribution in [2.24, 2.45) is 5.92 Å². The average molecular weight is 386 g/mol. The monoisotopic (exact) mass is 385 g/mol. The maximum absolute atomic E-state index is 12.7. The summed E-state index contributed by atoms with van der Waals surface area (Å²) in [5, 5.41) is 0. The number of amides is 1. The van der Waals surface area contributed by atoms with Crippen LogP contribution in [0.1, 0.15) is 23.7 Å². The standard InChI is InChI=1S/C16H24BrN3O3/c1-12(16(22)23-4)11-20(7-5-6-19(2)3)15(21)13-8-14(17)10-18-9-13/h8-10,12H,5-7,11H2,1-4H3. The van der Waals surface area contributed by atoms with E-state index in [1.807, 2.05) is 14.1 Å². The zero-order chi connectivity index (χ0) is 17.4. The fourth-order valence-electron chi connectivity index (χ4n) is 2.17. The van der Waals surface area contributed by atoms with E-state index in [0.717, 1.165) is 17.4 Å². The van der Waals surface area contributed by atoms with Gasteiger partial charge in [-0.15, -0.1) is 0 Å². The van der Waals surface area contributed by atoms with Crippen molar-refractivity contribution in [3.63, 3.8) is 0 Å². The van der Waals surface area contributed by atoms with Gasteiger partial charge in [0.15, 0.2) is 0 Å². The summed E-state index contributed by atoms with van der Waals surface area (Å²) >= 11 is 3.32. The molecule has 0 saturated carbocycles. The van der Waals surface area contributed by atoms with Gasteiger partial charge in [0, 0.05) is 30.0 Å². The molecule has 128 valence electrons. The Bertz CT molecular complexity index is 537. The molecule has 23 heavy (non-hydrogen) atoms. The number of esters is 1. The highest BCUT2D eigenvalue weighted by molar-refractivity contribution is 9.10. The summed E-state index contributed by atoms with van der Waals surface area (Å²) in [6.07, 6.45) is 3.99. The van der Waals surface area contributed by atoms with Crippen LogP contribution in [0.2, 0.25) is 0 Å². The lowest BCUT2D eigenvalue weighted by Crippen LogP contribution is -2.38. The predicted molar refractivity (Wildman–Crippen MR) is 92.2 cm³/mol. The van der Waals surface area contributed by atoms with Gasteiger partial charge in [-0.1, -0.05) is 6.92 Å². The lowest BCUT2D eigenvalue weighted by atomic mass is 10.1. The minimum atomic E-state index is -0.372. The number of hydrogen-bond acceptors (Lipinski definition) is 5. The molecule has 0 radical (unpaired) electrons. The van der Waals surface area contributed by atoms with Crippen molar-refractivity contribution in [3.05, 3.63) is 28.5 Å². The zero-order valence-electron chi connectivity index (χ0n) is 14.1. The van der Waals surface area contributed by atoms with Crippen LogP contribution in [-0.2, 0) is 9.53 Å². The van der Waals surface area contributed by atoms with Crippen LogP contribution in [0.25, 0.3) is 0 Å². The first-order valence-corrected chi connectivity index (χ1v) is 8.26. The van der Waals surface area contributed by atoms with E-state index in [9.17, 15) is 9.59 Å². The van der Waals surface area contributed by atoms with Gasteiger partial charge in [-0.05, 0) is 49.1 Å². The van der Waals surface area contributed by atoms with E-state index in [-0.39, 0.29) is 17.8 Å². The minimum Gasteiger partial charge on any atom is -0.469 e. The van der Waals surface area contributed by atoms with Crippen molar-refractivity contribution in [2.75, 3.05) is 40.8 Å². The SMILES string of the molecule is COC(=O)C(C)CN(CCCN(C)C)C(=O)c1cncc(Br)c1. The topological polar surface area (TPSA) is 62.7 Å². The van der Waals surface area contributed by atoms with Gasteiger partial charge in [0.25, 0.3) is 5.91 Å². The fraction of sp³-hybridized carbons (Fsp3) is 0.562. The molecule has 0 aromatic carbocycles. The maximum atomic E-state index is 12.7. The fourth-order valence-corrected chi connectivity index (χ4v) is 2.54. The molecule has 7 heteroatoms. The number of pyridine rings is 1. The third kappa shape index (κ3) is 6.66. The molecule has 0 N–H and O–H groups in total. The van der Waals surface area contributed by atoms with Gasteiger partial charge < -0.3 is 14.5 Å². The average Bonchev–Trinajstić information content (AvgIpc) is 2.51. The molecular weight excluding hydrogens is 362 g/mol. The molecule has 0 aliphatic heterocycles. The third-order valence-electron chi connectivity index (χ3n) is 3.37. The Balaban J connectivity index is 2.84. The van der Waals surface area contributed by atoms with Crippen LogP contribution in [0.3, 0.4) is 0 Å². The van der Waals surface area contributed by atoms with Crippen molar-refractivity contribution in [1.82, 2.24) is 14.8 Å². The van der Waals surface area contributed by atoms with E-state index in [1.54, 1.807) is 24.1 Å². The minimum absolute atomic E-state index is 0.131. The molecular formula is C16H24BrN3O3. The first-order valence-electron chi connectivity index (χ1n) is 7.47. The summed E-state index contributed by atoms with van der Waals surface area (Å²) in [4.78, 5) is 32.2. The highest BCUT2D eigenvalue weighted by Crippen LogP contribution is 2.14. The number of rotatable bonds is 8. The molecule has 1 heterocycles. The largest absolute Gasteiger partial charge is 0.469 e. The van der Waals surface area contributed by atoms with E-state index in [4.69, 9.17) is 4.74 Å². The van der Waals surface area contributed by atoms with E-state index >= 15 is 0 Å². The maximum Gasteiger partial charge on any atom is 0.310 e. The van der Waals surface area contributed by atoms with Gasteiger partial charge in [-0.3, -0.25) is 14.6 Å². The number of carbonyl (C=O) groups is 2. The number of halogens is 1. The van der Waals surface area contributed by atoms with Crippen LogP contribution in [0.4, 0.5) is 0 Å². The van der Waals surface area contributed by atoms with E-state index in [1.165, 1.54) is 13.3 Å². The molecule has 1 aromatic heterocycles. The van der Waals surface area contributed by atoms with Gasteiger partial charge in [0.05, 0.1) is 18.6 Å². The quantitative estimate of drug-likeness (QED) is 0.640. The molecule has 0 bridgehead atoms. The van der Waals surface area contributed by atoms with Gasteiger partial charge in [0.1, 0.15) is 0 Å². The van der Waals surface area contributed by atoms with Crippen molar-refractivity contribution in [1.29, 1.82) is 0 Å². The molecule has 0 aliphatic rings. The van der Waals surface area contributed by atoms with Crippen LogP contribution in [0.15, 0.2) is 22.9 Å². The van der Waals surface area contributed by atoms with Crippen LogP contribution >= 0.6 is 15.9 Å². The van der Waals surface area contributed by atoms with Crippen molar-refractivity contribution < 1.29 is 14.3 Å². The number of methoxy groups -OCH3 is 1.